The Kier molecular flexibility index (Phi) is 4.79. The van der Waals surface area contributed by atoms with Crippen LogP contribution in [0.1, 0.15) is 21.7 Å². The molecule has 0 radical (unpaired) electrons. The molecule has 2 aromatic rings. The van der Waals surface area contributed by atoms with Gasteiger partial charge in [-0.3, -0.25) is 4.79 Å². The zero-order chi connectivity index (χ0) is 14.4. The highest BCUT2D eigenvalue weighted by atomic mass is 16.5. The molecule has 1 amide bonds. The van der Waals surface area contributed by atoms with Crippen molar-refractivity contribution in [2.45, 2.75) is 13.0 Å². The van der Waals surface area contributed by atoms with Gasteiger partial charge in [0, 0.05) is 6.54 Å². The Bertz CT molecular complexity index is 578. The smallest absolute Gasteiger partial charge is 0.254 e. The van der Waals surface area contributed by atoms with Gasteiger partial charge in [-0.1, -0.05) is 12.1 Å². The average Bonchev–Trinajstić information content (AvgIpc) is 2.96. The summed E-state index contributed by atoms with van der Waals surface area (Å²) in [6, 6.07) is 9.43. The van der Waals surface area contributed by atoms with Crippen LogP contribution in [0, 0.1) is 0 Å². The maximum Gasteiger partial charge on any atom is 0.254 e. The van der Waals surface area contributed by atoms with Crippen LogP contribution in [0.2, 0.25) is 0 Å². The lowest BCUT2D eigenvalue weighted by Gasteiger charge is -2.05. The summed E-state index contributed by atoms with van der Waals surface area (Å²) in [6.45, 7) is 0.840. The molecule has 0 aliphatic carbocycles. The Morgan fingerprint density at radius 3 is 2.95 bits per heavy atom. The first-order valence-corrected chi connectivity index (χ1v) is 6.41. The number of rotatable bonds is 6. The monoisotopic (exact) mass is 274 g/mol. The van der Waals surface area contributed by atoms with Gasteiger partial charge in [0.25, 0.3) is 5.91 Å². The summed E-state index contributed by atoms with van der Waals surface area (Å²) in [4.78, 5) is 11.9. The zero-order valence-electron chi connectivity index (χ0n) is 11.4. The maximum atomic E-state index is 11.9. The zero-order valence-corrected chi connectivity index (χ0v) is 11.4. The van der Waals surface area contributed by atoms with Crippen molar-refractivity contribution in [3.8, 4) is 5.75 Å². The van der Waals surface area contributed by atoms with Crippen LogP contribution in [0.4, 0.5) is 0 Å². The lowest BCUT2D eigenvalue weighted by atomic mass is 10.1. The van der Waals surface area contributed by atoms with E-state index in [1.807, 2.05) is 24.3 Å². The fraction of sp³-hybridized carbons (Fsp3) is 0.267. The molecule has 20 heavy (non-hydrogen) atoms. The molecular formula is C15H18N2O3. The molecule has 106 valence electrons. The highest BCUT2D eigenvalue weighted by Gasteiger charge is 2.08. The Labute approximate surface area is 117 Å². The number of hydrogen-bond acceptors (Lipinski definition) is 4. The molecule has 0 bridgehead atoms. The highest BCUT2D eigenvalue weighted by Crippen LogP contribution is 2.12. The summed E-state index contributed by atoms with van der Waals surface area (Å²) < 4.78 is 10.3. The molecule has 0 spiro atoms. The number of furan rings is 1. The highest BCUT2D eigenvalue weighted by molar-refractivity contribution is 5.93. The van der Waals surface area contributed by atoms with Crippen molar-refractivity contribution in [1.29, 1.82) is 0 Å². The van der Waals surface area contributed by atoms with E-state index in [2.05, 4.69) is 5.32 Å². The van der Waals surface area contributed by atoms with Crippen LogP contribution < -0.4 is 15.8 Å². The third-order valence-corrected chi connectivity index (χ3v) is 2.95. The van der Waals surface area contributed by atoms with Crippen molar-refractivity contribution in [3.63, 3.8) is 0 Å². The first kappa shape index (κ1) is 14.1. The van der Waals surface area contributed by atoms with E-state index in [-0.39, 0.29) is 12.5 Å². The third kappa shape index (κ3) is 3.61. The van der Waals surface area contributed by atoms with E-state index >= 15 is 0 Å². The molecule has 0 aliphatic heterocycles. The quantitative estimate of drug-likeness (QED) is 0.840. The Morgan fingerprint density at radius 2 is 2.25 bits per heavy atom. The van der Waals surface area contributed by atoms with E-state index in [4.69, 9.17) is 14.9 Å². The van der Waals surface area contributed by atoms with Crippen molar-refractivity contribution in [2.24, 2.45) is 5.73 Å². The van der Waals surface area contributed by atoms with E-state index in [0.29, 0.717) is 17.9 Å². The standard InChI is InChI=1S/C15H18N2O3/c1-19-13-4-2-3-11(7-13)5-6-17-15(18)12-8-14(9-16)20-10-12/h2-4,7-8,10H,5-6,9,16H2,1H3,(H,17,18). The first-order valence-electron chi connectivity index (χ1n) is 6.41. The van der Waals surface area contributed by atoms with Gasteiger partial charge in [-0.15, -0.1) is 0 Å². The van der Waals surface area contributed by atoms with Crippen molar-refractivity contribution >= 4 is 5.91 Å². The molecule has 5 nitrogen and oxygen atoms in total. The third-order valence-electron chi connectivity index (χ3n) is 2.95. The lowest BCUT2D eigenvalue weighted by molar-refractivity contribution is 0.0953. The van der Waals surface area contributed by atoms with Crippen molar-refractivity contribution in [2.75, 3.05) is 13.7 Å². The molecular weight excluding hydrogens is 256 g/mol. The van der Waals surface area contributed by atoms with Crippen LogP contribution in [-0.2, 0) is 13.0 Å². The van der Waals surface area contributed by atoms with Crippen molar-refractivity contribution in [3.05, 3.63) is 53.5 Å². The molecule has 1 heterocycles. The van der Waals surface area contributed by atoms with Gasteiger partial charge in [-0.05, 0) is 30.2 Å². The number of carbonyl (C=O) groups is 1. The van der Waals surface area contributed by atoms with Gasteiger partial charge in [0.1, 0.15) is 17.8 Å². The number of ether oxygens (including phenoxy) is 1. The Hall–Kier alpha value is -2.27. The predicted octanol–water partition coefficient (Wildman–Crippen LogP) is 1.72. The second kappa shape index (κ2) is 6.77. The second-order valence-corrected chi connectivity index (χ2v) is 4.36. The molecule has 1 aromatic heterocycles. The van der Waals surface area contributed by atoms with Crippen LogP contribution in [-0.4, -0.2) is 19.6 Å². The molecule has 1 aromatic carbocycles. The fourth-order valence-corrected chi connectivity index (χ4v) is 1.86. The van der Waals surface area contributed by atoms with E-state index < -0.39 is 0 Å². The summed E-state index contributed by atoms with van der Waals surface area (Å²) in [5.74, 6) is 1.26. The van der Waals surface area contributed by atoms with Gasteiger partial charge in [0.2, 0.25) is 0 Å². The second-order valence-electron chi connectivity index (χ2n) is 4.36. The molecule has 2 rings (SSSR count). The van der Waals surface area contributed by atoms with Crippen LogP contribution in [0.5, 0.6) is 5.75 Å². The normalized spacial score (nSPS) is 10.3. The van der Waals surface area contributed by atoms with Gasteiger partial charge >= 0.3 is 0 Å². The van der Waals surface area contributed by atoms with E-state index in [0.717, 1.165) is 17.7 Å². The summed E-state index contributed by atoms with van der Waals surface area (Å²) >= 11 is 0. The van der Waals surface area contributed by atoms with Gasteiger partial charge in [0.15, 0.2) is 0 Å². The molecule has 0 fully saturated rings. The van der Waals surface area contributed by atoms with Crippen molar-refractivity contribution in [1.82, 2.24) is 5.32 Å². The summed E-state index contributed by atoms with van der Waals surface area (Å²) in [6.07, 6.45) is 2.16. The van der Waals surface area contributed by atoms with E-state index in [1.165, 1.54) is 6.26 Å². The fourth-order valence-electron chi connectivity index (χ4n) is 1.86. The topological polar surface area (TPSA) is 77.5 Å². The number of nitrogens with two attached hydrogens (primary N) is 1. The Morgan fingerprint density at radius 1 is 1.40 bits per heavy atom. The van der Waals surface area contributed by atoms with E-state index in [1.54, 1.807) is 13.2 Å². The summed E-state index contributed by atoms with van der Waals surface area (Å²) in [5.41, 5.74) is 7.04. The van der Waals surface area contributed by atoms with Crippen LogP contribution in [0.3, 0.4) is 0 Å². The number of nitrogens with one attached hydrogen (secondary N) is 1. The number of methoxy groups -OCH3 is 1. The Balaban J connectivity index is 1.84. The number of hydrogen-bond donors (Lipinski definition) is 2. The van der Waals surface area contributed by atoms with Crippen LogP contribution in [0.25, 0.3) is 0 Å². The lowest BCUT2D eigenvalue weighted by Crippen LogP contribution is -2.25. The first-order chi connectivity index (χ1) is 9.72. The van der Waals surface area contributed by atoms with Gasteiger partial charge < -0.3 is 20.2 Å². The largest absolute Gasteiger partial charge is 0.497 e. The molecule has 0 atom stereocenters. The van der Waals surface area contributed by atoms with Crippen LogP contribution in [0.15, 0.2) is 41.0 Å². The number of carbonyl (C=O) groups excluding carboxylic acids is 1. The van der Waals surface area contributed by atoms with Gasteiger partial charge in [-0.25, -0.2) is 0 Å². The predicted molar refractivity (Wildman–Crippen MR) is 75.6 cm³/mol. The maximum absolute atomic E-state index is 11.9. The number of amides is 1. The molecule has 0 unspecified atom stereocenters. The number of benzene rings is 1. The molecule has 0 saturated heterocycles. The minimum atomic E-state index is -0.156. The van der Waals surface area contributed by atoms with Crippen molar-refractivity contribution < 1.29 is 13.9 Å². The molecule has 3 N–H and O–H groups in total. The SMILES string of the molecule is COc1cccc(CCNC(=O)c2coc(CN)c2)c1. The summed E-state index contributed by atoms with van der Waals surface area (Å²) in [7, 11) is 1.63. The average molecular weight is 274 g/mol. The minimum absolute atomic E-state index is 0.156. The minimum Gasteiger partial charge on any atom is -0.497 e. The van der Waals surface area contributed by atoms with E-state index in [9.17, 15) is 4.79 Å². The molecule has 0 aliphatic rings. The van der Waals surface area contributed by atoms with Gasteiger partial charge in [0.05, 0.1) is 19.2 Å². The van der Waals surface area contributed by atoms with Gasteiger partial charge in [-0.2, -0.15) is 0 Å². The summed E-state index contributed by atoms with van der Waals surface area (Å²) in [5, 5.41) is 2.84. The molecule has 5 heteroatoms. The van der Waals surface area contributed by atoms with Crippen LogP contribution >= 0.6 is 0 Å². The molecule has 0 saturated carbocycles.